The van der Waals surface area contributed by atoms with Gasteiger partial charge in [-0.2, -0.15) is 5.10 Å². The van der Waals surface area contributed by atoms with Gasteiger partial charge in [-0.25, -0.2) is 9.97 Å². The standard InChI is InChI=1S/C11H7Cl2N7O4/c12-9-10(13)17-11(14)7(16-9)4-15-18-6-2-1-5(19(21)22)3-8(6)20(23)24/h1-4,18H,(H2,14,17). The zero-order valence-corrected chi connectivity index (χ0v) is 13.0. The summed E-state index contributed by atoms with van der Waals surface area (Å²) in [5.41, 5.74) is 7.04. The van der Waals surface area contributed by atoms with Crippen LogP contribution in [0.2, 0.25) is 10.3 Å². The highest BCUT2D eigenvalue weighted by Gasteiger charge is 2.19. The third-order valence-corrected chi connectivity index (χ3v) is 3.25. The predicted octanol–water partition coefficient (Wildman–Crippen LogP) is 2.63. The lowest BCUT2D eigenvalue weighted by atomic mass is 10.2. The van der Waals surface area contributed by atoms with Crippen molar-refractivity contribution in [1.29, 1.82) is 0 Å². The van der Waals surface area contributed by atoms with Crippen LogP contribution in [-0.2, 0) is 0 Å². The fourth-order valence-corrected chi connectivity index (χ4v) is 1.82. The molecule has 24 heavy (non-hydrogen) atoms. The molecule has 0 bridgehead atoms. The summed E-state index contributed by atoms with van der Waals surface area (Å²) in [5.74, 6) is -0.0480. The monoisotopic (exact) mass is 371 g/mol. The van der Waals surface area contributed by atoms with Gasteiger partial charge in [-0.05, 0) is 6.07 Å². The number of halogens is 2. The Labute approximate surface area is 143 Å². The summed E-state index contributed by atoms with van der Waals surface area (Å²) in [6.07, 6.45) is 1.12. The van der Waals surface area contributed by atoms with Crippen molar-refractivity contribution in [2.24, 2.45) is 5.10 Å². The highest BCUT2D eigenvalue weighted by atomic mass is 35.5. The van der Waals surface area contributed by atoms with Gasteiger partial charge in [0.1, 0.15) is 11.4 Å². The largest absolute Gasteiger partial charge is 0.382 e. The zero-order valence-electron chi connectivity index (χ0n) is 11.5. The maximum absolute atomic E-state index is 11.0. The van der Waals surface area contributed by atoms with Crippen molar-refractivity contribution >= 4 is 52.3 Å². The number of nitrogens with two attached hydrogens (primary N) is 1. The molecule has 1 aromatic carbocycles. The second-order valence-corrected chi connectivity index (χ2v) is 4.88. The van der Waals surface area contributed by atoms with Gasteiger partial charge >= 0.3 is 5.69 Å². The van der Waals surface area contributed by atoms with E-state index in [4.69, 9.17) is 28.9 Å². The maximum Gasteiger partial charge on any atom is 0.301 e. The lowest BCUT2D eigenvalue weighted by Gasteiger charge is -2.03. The van der Waals surface area contributed by atoms with E-state index in [-0.39, 0.29) is 27.5 Å². The minimum atomic E-state index is -0.780. The predicted molar refractivity (Wildman–Crippen MR) is 87.4 cm³/mol. The van der Waals surface area contributed by atoms with Gasteiger partial charge in [0.05, 0.1) is 22.1 Å². The van der Waals surface area contributed by atoms with Crippen LogP contribution in [0, 0.1) is 20.2 Å². The molecule has 0 aliphatic carbocycles. The zero-order chi connectivity index (χ0) is 17.9. The minimum Gasteiger partial charge on any atom is -0.382 e. The Kier molecular flexibility index (Phi) is 5.06. The summed E-state index contributed by atoms with van der Waals surface area (Å²) in [6.45, 7) is 0. The molecule has 0 radical (unpaired) electrons. The van der Waals surface area contributed by atoms with Crippen molar-refractivity contribution in [2.45, 2.75) is 0 Å². The number of anilines is 2. The van der Waals surface area contributed by atoms with Gasteiger partial charge in [-0.15, -0.1) is 0 Å². The molecule has 0 aliphatic heterocycles. The first-order valence-corrected chi connectivity index (χ1v) is 6.75. The van der Waals surface area contributed by atoms with E-state index in [1.165, 1.54) is 0 Å². The summed E-state index contributed by atoms with van der Waals surface area (Å²) in [4.78, 5) is 27.7. The molecule has 3 N–H and O–H groups in total. The Morgan fingerprint density at radius 3 is 2.46 bits per heavy atom. The number of hydrogen-bond acceptors (Lipinski definition) is 9. The number of nitro groups is 2. The normalized spacial score (nSPS) is 10.8. The molecule has 2 rings (SSSR count). The molecular weight excluding hydrogens is 365 g/mol. The molecule has 2 aromatic rings. The average Bonchev–Trinajstić information content (AvgIpc) is 2.52. The molecule has 0 saturated carbocycles. The number of nitrogens with zero attached hydrogens (tertiary/aromatic N) is 5. The van der Waals surface area contributed by atoms with Gasteiger partial charge in [0.2, 0.25) is 0 Å². The third-order valence-electron chi connectivity index (χ3n) is 2.63. The summed E-state index contributed by atoms with van der Waals surface area (Å²) >= 11 is 11.3. The summed E-state index contributed by atoms with van der Waals surface area (Å²) in [7, 11) is 0. The van der Waals surface area contributed by atoms with Gasteiger partial charge in [0, 0.05) is 6.07 Å². The maximum atomic E-state index is 11.0. The number of hydrogen-bond donors (Lipinski definition) is 2. The molecule has 11 nitrogen and oxygen atoms in total. The molecule has 0 spiro atoms. The van der Waals surface area contributed by atoms with E-state index in [0.29, 0.717) is 0 Å². The van der Waals surface area contributed by atoms with Crippen molar-refractivity contribution in [3.8, 4) is 0 Å². The van der Waals surface area contributed by atoms with Gasteiger partial charge in [0.25, 0.3) is 5.69 Å². The van der Waals surface area contributed by atoms with Crippen molar-refractivity contribution < 1.29 is 9.85 Å². The summed E-state index contributed by atoms with van der Waals surface area (Å²) < 4.78 is 0. The number of rotatable bonds is 5. The van der Waals surface area contributed by atoms with Crippen LogP contribution in [-0.4, -0.2) is 26.0 Å². The van der Waals surface area contributed by atoms with Crippen LogP contribution >= 0.6 is 23.2 Å². The van der Waals surface area contributed by atoms with Crippen molar-refractivity contribution in [1.82, 2.24) is 9.97 Å². The Bertz CT molecular complexity index is 859. The number of nitrogens with one attached hydrogen (secondary N) is 1. The second kappa shape index (κ2) is 7.02. The van der Waals surface area contributed by atoms with Crippen LogP contribution in [0.5, 0.6) is 0 Å². The number of aromatic nitrogens is 2. The lowest BCUT2D eigenvalue weighted by Crippen LogP contribution is -2.03. The Morgan fingerprint density at radius 2 is 1.83 bits per heavy atom. The smallest absolute Gasteiger partial charge is 0.301 e. The quantitative estimate of drug-likeness (QED) is 0.459. The van der Waals surface area contributed by atoms with Crippen molar-refractivity contribution in [2.75, 3.05) is 11.2 Å². The first-order valence-electron chi connectivity index (χ1n) is 6.00. The molecule has 124 valence electrons. The van der Waals surface area contributed by atoms with Crippen LogP contribution in [0.15, 0.2) is 23.3 Å². The van der Waals surface area contributed by atoms with E-state index in [0.717, 1.165) is 24.4 Å². The van der Waals surface area contributed by atoms with E-state index >= 15 is 0 Å². The molecule has 0 aliphatic rings. The molecule has 0 fully saturated rings. The van der Waals surface area contributed by atoms with Crippen molar-refractivity contribution in [3.63, 3.8) is 0 Å². The second-order valence-electron chi connectivity index (χ2n) is 4.16. The number of nitrogen functional groups attached to an aromatic ring is 1. The Balaban J connectivity index is 2.27. The number of nitro benzene ring substituents is 2. The minimum absolute atomic E-state index is 0.0480. The summed E-state index contributed by atoms with van der Waals surface area (Å²) in [5, 5.41) is 25.2. The Hall–Kier alpha value is -3.05. The van der Waals surface area contributed by atoms with E-state index in [9.17, 15) is 20.2 Å². The van der Waals surface area contributed by atoms with E-state index < -0.39 is 21.2 Å². The Morgan fingerprint density at radius 1 is 1.17 bits per heavy atom. The van der Waals surface area contributed by atoms with Crippen LogP contribution in [0.4, 0.5) is 22.9 Å². The van der Waals surface area contributed by atoms with Crippen LogP contribution in [0.1, 0.15) is 5.69 Å². The van der Waals surface area contributed by atoms with Gasteiger partial charge in [0.15, 0.2) is 16.1 Å². The molecular formula is C11H7Cl2N7O4. The molecule has 13 heteroatoms. The highest BCUT2D eigenvalue weighted by Crippen LogP contribution is 2.29. The number of non-ortho nitro benzene ring substituents is 1. The molecule has 1 heterocycles. The van der Waals surface area contributed by atoms with Crippen molar-refractivity contribution in [3.05, 3.63) is 54.4 Å². The molecule has 0 amide bonds. The molecule has 0 atom stereocenters. The SMILES string of the molecule is Nc1nc(Cl)c(Cl)nc1C=NNc1ccc([N+](=O)[O-])cc1[N+](=O)[O-]. The van der Waals surface area contributed by atoms with E-state index in [1.54, 1.807) is 0 Å². The highest BCUT2D eigenvalue weighted by molar-refractivity contribution is 6.40. The van der Waals surface area contributed by atoms with E-state index in [2.05, 4.69) is 20.5 Å². The average molecular weight is 372 g/mol. The van der Waals surface area contributed by atoms with Gasteiger partial charge in [-0.1, -0.05) is 23.2 Å². The van der Waals surface area contributed by atoms with Gasteiger partial charge < -0.3 is 5.73 Å². The molecule has 0 unspecified atom stereocenters. The van der Waals surface area contributed by atoms with E-state index in [1.807, 2.05) is 0 Å². The van der Waals surface area contributed by atoms with Crippen LogP contribution in [0.25, 0.3) is 0 Å². The number of hydrazone groups is 1. The molecule has 0 saturated heterocycles. The van der Waals surface area contributed by atoms with Gasteiger partial charge in [-0.3, -0.25) is 25.7 Å². The lowest BCUT2D eigenvalue weighted by molar-refractivity contribution is -0.393. The third kappa shape index (κ3) is 3.83. The van der Waals surface area contributed by atoms with Crippen LogP contribution < -0.4 is 11.2 Å². The summed E-state index contributed by atoms with van der Waals surface area (Å²) in [6, 6.07) is 3.06. The number of benzene rings is 1. The topological polar surface area (TPSA) is 162 Å². The molecule has 1 aromatic heterocycles. The first-order chi connectivity index (χ1) is 11.3. The van der Waals surface area contributed by atoms with Crippen LogP contribution in [0.3, 0.4) is 0 Å². The fourth-order valence-electron chi connectivity index (χ4n) is 1.56. The first kappa shape index (κ1) is 17.3. The fraction of sp³-hybridized carbons (Fsp3) is 0.